The third-order valence-electron chi connectivity index (χ3n) is 4.31. The lowest BCUT2D eigenvalue weighted by Gasteiger charge is -2.24. The van der Waals surface area contributed by atoms with Gasteiger partial charge in [-0.3, -0.25) is 10.1 Å². The van der Waals surface area contributed by atoms with Crippen molar-refractivity contribution in [2.75, 3.05) is 6.54 Å². The van der Waals surface area contributed by atoms with E-state index in [-0.39, 0.29) is 11.7 Å². The maximum atomic E-state index is 12.4. The van der Waals surface area contributed by atoms with E-state index in [1.807, 2.05) is 4.90 Å². The molecular weight excluding hydrogens is 236 g/mol. The van der Waals surface area contributed by atoms with Crippen LogP contribution in [0.2, 0.25) is 0 Å². The summed E-state index contributed by atoms with van der Waals surface area (Å²) in [4.78, 5) is 14.5. The number of amides is 1. The Morgan fingerprint density at radius 1 is 1.26 bits per heavy atom. The number of rotatable bonds is 4. The molecule has 1 saturated carbocycles. The first kappa shape index (κ1) is 12.7. The number of carbonyl (C=O) groups excluding carboxylic acids is 1. The van der Waals surface area contributed by atoms with Gasteiger partial charge in [0.25, 0.3) is 0 Å². The van der Waals surface area contributed by atoms with E-state index < -0.39 is 0 Å². The molecule has 3 heteroatoms. The minimum Gasteiger partial charge on any atom is -0.321 e. The Morgan fingerprint density at radius 3 is 2.47 bits per heavy atom. The molecule has 19 heavy (non-hydrogen) atoms. The van der Waals surface area contributed by atoms with Crippen molar-refractivity contribution in [3.63, 3.8) is 0 Å². The zero-order valence-electron chi connectivity index (χ0n) is 11.8. The molecular formula is C16H22N2O. The number of benzene rings is 1. The highest BCUT2D eigenvalue weighted by atomic mass is 16.2. The predicted octanol–water partition coefficient (Wildman–Crippen LogP) is 2.62. The Hall–Kier alpha value is -1.35. The summed E-state index contributed by atoms with van der Waals surface area (Å²) in [7, 11) is 0. The van der Waals surface area contributed by atoms with Gasteiger partial charge in [-0.1, -0.05) is 38.1 Å². The summed E-state index contributed by atoms with van der Waals surface area (Å²) in [5, 5.41) is 3.56. The van der Waals surface area contributed by atoms with E-state index in [9.17, 15) is 4.79 Å². The number of aryl methyl sites for hydroxylation is 1. The van der Waals surface area contributed by atoms with E-state index in [1.165, 1.54) is 11.1 Å². The summed E-state index contributed by atoms with van der Waals surface area (Å²) in [5.74, 6) is 0.305. The van der Waals surface area contributed by atoms with Crippen LogP contribution in [-0.2, 0) is 11.2 Å². The molecule has 1 N–H and O–H groups in total. The maximum absolute atomic E-state index is 12.4. The van der Waals surface area contributed by atoms with Crippen LogP contribution < -0.4 is 5.32 Å². The summed E-state index contributed by atoms with van der Waals surface area (Å²) in [6.07, 6.45) is 4.12. The Bertz CT molecular complexity index is 476. The topological polar surface area (TPSA) is 32.3 Å². The molecule has 1 amide bonds. The van der Waals surface area contributed by atoms with Gasteiger partial charge in [0.2, 0.25) is 5.91 Å². The van der Waals surface area contributed by atoms with Crippen molar-refractivity contribution in [3.8, 4) is 0 Å². The quantitative estimate of drug-likeness (QED) is 0.900. The van der Waals surface area contributed by atoms with E-state index in [2.05, 4.69) is 43.4 Å². The molecule has 1 atom stereocenters. The number of hydrogen-bond acceptors (Lipinski definition) is 2. The first-order valence-electron chi connectivity index (χ1n) is 7.38. The number of nitrogens with zero attached hydrogens (tertiary/aromatic N) is 1. The molecule has 1 unspecified atom stereocenters. The zero-order chi connectivity index (χ0) is 13.5. The van der Waals surface area contributed by atoms with Crippen LogP contribution in [0.25, 0.3) is 0 Å². The van der Waals surface area contributed by atoms with Crippen molar-refractivity contribution in [1.29, 1.82) is 0 Å². The van der Waals surface area contributed by atoms with E-state index >= 15 is 0 Å². The fourth-order valence-corrected chi connectivity index (χ4v) is 2.95. The highest BCUT2D eigenvalue weighted by Gasteiger charge is 2.59. The smallest absolute Gasteiger partial charge is 0.244 e. The van der Waals surface area contributed by atoms with Gasteiger partial charge in [0.15, 0.2) is 0 Å². The van der Waals surface area contributed by atoms with Crippen LogP contribution in [0, 0.1) is 0 Å². The molecule has 0 aromatic heterocycles. The minimum absolute atomic E-state index is 0.0702. The van der Waals surface area contributed by atoms with E-state index in [0.717, 1.165) is 32.2 Å². The molecule has 3 rings (SSSR count). The van der Waals surface area contributed by atoms with Gasteiger partial charge >= 0.3 is 0 Å². The minimum atomic E-state index is -0.219. The second-order valence-corrected chi connectivity index (χ2v) is 5.72. The van der Waals surface area contributed by atoms with E-state index in [1.54, 1.807) is 0 Å². The van der Waals surface area contributed by atoms with Gasteiger partial charge in [0.05, 0.1) is 0 Å². The maximum Gasteiger partial charge on any atom is 0.244 e. The molecule has 2 aliphatic rings. The van der Waals surface area contributed by atoms with E-state index in [0.29, 0.717) is 5.91 Å². The molecule has 0 radical (unpaired) electrons. The Labute approximate surface area is 115 Å². The summed E-state index contributed by atoms with van der Waals surface area (Å²) >= 11 is 0. The monoisotopic (exact) mass is 258 g/mol. The molecule has 0 bridgehead atoms. The third kappa shape index (κ3) is 2.06. The molecule has 3 nitrogen and oxygen atoms in total. The van der Waals surface area contributed by atoms with Crippen molar-refractivity contribution in [2.24, 2.45) is 0 Å². The fourth-order valence-electron chi connectivity index (χ4n) is 2.95. The van der Waals surface area contributed by atoms with Crippen LogP contribution in [0.4, 0.5) is 0 Å². The molecule has 1 aromatic carbocycles. The molecule has 1 aromatic rings. The molecule has 1 saturated heterocycles. The van der Waals surface area contributed by atoms with Crippen LogP contribution in [0.3, 0.4) is 0 Å². The summed E-state index contributed by atoms with van der Waals surface area (Å²) in [5.41, 5.74) is 2.34. The van der Waals surface area contributed by atoms with Crippen molar-refractivity contribution >= 4 is 5.91 Å². The van der Waals surface area contributed by atoms with Crippen molar-refractivity contribution in [3.05, 3.63) is 35.4 Å². The first-order valence-corrected chi connectivity index (χ1v) is 7.38. The lowest BCUT2D eigenvalue weighted by molar-refractivity contribution is -0.130. The van der Waals surface area contributed by atoms with Gasteiger partial charge in [-0.25, -0.2) is 0 Å². The lowest BCUT2D eigenvalue weighted by Crippen LogP contribution is -2.32. The highest BCUT2D eigenvalue weighted by molar-refractivity contribution is 5.92. The summed E-state index contributed by atoms with van der Waals surface area (Å²) in [6, 6.07) is 8.66. The highest BCUT2D eigenvalue weighted by Crippen LogP contribution is 2.45. The van der Waals surface area contributed by atoms with Gasteiger partial charge in [-0.15, -0.1) is 0 Å². The number of carbonyl (C=O) groups is 1. The van der Waals surface area contributed by atoms with Crippen LogP contribution in [0.5, 0.6) is 0 Å². The lowest BCUT2D eigenvalue weighted by atomic mass is 10.1. The molecule has 1 aliphatic heterocycles. The van der Waals surface area contributed by atoms with Gasteiger partial charge < -0.3 is 4.90 Å². The van der Waals surface area contributed by atoms with Crippen LogP contribution >= 0.6 is 0 Å². The average Bonchev–Trinajstić information content (AvgIpc) is 3.18. The van der Waals surface area contributed by atoms with Crippen molar-refractivity contribution in [1.82, 2.24) is 10.2 Å². The van der Waals surface area contributed by atoms with Gasteiger partial charge in [0, 0.05) is 6.54 Å². The fraction of sp³-hybridized carbons (Fsp3) is 0.562. The van der Waals surface area contributed by atoms with Crippen LogP contribution in [0.1, 0.15) is 50.4 Å². The van der Waals surface area contributed by atoms with Crippen LogP contribution in [0.15, 0.2) is 24.3 Å². The zero-order valence-corrected chi connectivity index (χ0v) is 11.8. The second-order valence-electron chi connectivity index (χ2n) is 5.72. The van der Waals surface area contributed by atoms with E-state index in [4.69, 9.17) is 0 Å². The standard InChI is InChI=1S/C16H22N2O/c1-3-11-18-14(17-16(9-10-16)15(18)19)13-7-5-12(4-2)6-8-13/h5-8,14,17H,3-4,9-11H2,1-2H3. The second kappa shape index (κ2) is 4.64. The molecule has 102 valence electrons. The van der Waals surface area contributed by atoms with Crippen LogP contribution in [-0.4, -0.2) is 22.9 Å². The molecule has 1 aliphatic carbocycles. The first-order chi connectivity index (χ1) is 9.20. The Morgan fingerprint density at radius 2 is 1.95 bits per heavy atom. The van der Waals surface area contributed by atoms with Crippen molar-refractivity contribution < 1.29 is 4.79 Å². The number of hydrogen-bond donors (Lipinski definition) is 1. The largest absolute Gasteiger partial charge is 0.321 e. The SMILES string of the molecule is CCCN1C(=O)C2(CC2)NC1c1ccc(CC)cc1. The third-order valence-corrected chi connectivity index (χ3v) is 4.31. The normalized spacial score (nSPS) is 24.2. The summed E-state index contributed by atoms with van der Waals surface area (Å²) < 4.78 is 0. The summed E-state index contributed by atoms with van der Waals surface area (Å²) in [6.45, 7) is 5.13. The van der Waals surface area contributed by atoms with Gasteiger partial charge in [-0.2, -0.15) is 0 Å². The predicted molar refractivity (Wildman–Crippen MR) is 75.7 cm³/mol. The molecule has 2 fully saturated rings. The Balaban J connectivity index is 1.87. The van der Waals surface area contributed by atoms with Gasteiger partial charge in [-0.05, 0) is 36.8 Å². The Kier molecular flexibility index (Phi) is 3.09. The molecule has 1 heterocycles. The molecule has 1 spiro atoms. The van der Waals surface area contributed by atoms with Gasteiger partial charge in [0.1, 0.15) is 11.7 Å². The van der Waals surface area contributed by atoms with Crippen molar-refractivity contribution in [2.45, 2.75) is 51.2 Å². The average molecular weight is 258 g/mol. The number of nitrogens with one attached hydrogen (secondary N) is 1.